The Morgan fingerprint density at radius 3 is 2.58 bits per heavy atom. The third-order valence-corrected chi connectivity index (χ3v) is 5.43. The monoisotopic (exact) mass is 440 g/mol. The molecule has 0 atom stereocenters. The average molecular weight is 440 g/mol. The molecule has 0 aliphatic rings. The molecule has 33 heavy (non-hydrogen) atoms. The number of hydrogen-bond acceptors (Lipinski definition) is 4. The lowest BCUT2D eigenvalue weighted by atomic mass is 10.0. The first-order valence-corrected chi connectivity index (χ1v) is 10.3. The van der Waals surface area contributed by atoms with E-state index in [2.05, 4.69) is 10.1 Å². The molecule has 0 unspecified atom stereocenters. The molecule has 0 saturated heterocycles. The molecule has 3 heterocycles. The number of aryl methyl sites for hydroxylation is 1. The van der Waals surface area contributed by atoms with E-state index in [4.69, 9.17) is 4.98 Å². The van der Waals surface area contributed by atoms with Gasteiger partial charge in [0.15, 0.2) is 11.4 Å². The SMILES string of the molecule is Cc1cc(-c2nc3cccnn3c2-c2ccnc(CC(=O)c3ccccc3F)c2)ccc1F. The molecule has 7 heteroatoms. The van der Waals surface area contributed by atoms with Crippen LogP contribution in [-0.2, 0) is 6.42 Å². The first kappa shape index (κ1) is 20.6. The number of nitrogens with zero attached hydrogens (tertiary/aromatic N) is 4. The Morgan fingerprint density at radius 1 is 0.909 bits per heavy atom. The summed E-state index contributed by atoms with van der Waals surface area (Å²) in [5, 5.41) is 4.44. The molecule has 0 aliphatic heterocycles. The third-order valence-electron chi connectivity index (χ3n) is 5.43. The molecule has 0 amide bonds. The lowest BCUT2D eigenvalue weighted by Crippen LogP contribution is -2.07. The number of fused-ring (bicyclic) bond motifs is 1. The fraction of sp³-hybridized carbons (Fsp3) is 0.0769. The van der Waals surface area contributed by atoms with Gasteiger partial charge in [-0.2, -0.15) is 5.10 Å². The number of rotatable bonds is 5. The number of pyridine rings is 1. The van der Waals surface area contributed by atoms with Crippen molar-refractivity contribution >= 4 is 11.4 Å². The Labute approximate surface area is 188 Å². The van der Waals surface area contributed by atoms with Crippen LogP contribution in [0.2, 0.25) is 0 Å². The van der Waals surface area contributed by atoms with Crippen LogP contribution in [-0.4, -0.2) is 25.4 Å². The normalized spacial score (nSPS) is 11.1. The molecule has 0 saturated carbocycles. The van der Waals surface area contributed by atoms with Crippen LogP contribution >= 0.6 is 0 Å². The number of halogens is 2. The van der Waals surface area contributed by atoms with Gasteiger partial charge < -0.3 is 0 Å². The topological polar surface area (TPSA) is 60.1 Å². The van der Waals surface area contributed by atoms with E-state index in [-0.39, 0.29) is 23.6 Å². The zero-order valence-electron chi connectivity index (χ0n) is 17.7. The Balaban J connectivity index is 1.60. The summed E-state index contributed by atoms with van der Waals surface area (Å²) in [5.74, 6) is -1.21. The van der Waals surface area contributed by atoms with Crippen molar-refractivity contribution in [2.24, 2.45) is 0 Å². The van der Waals surface area contributed by atoms with Crippen LogP contribution in [0.25, 0.3) is 28.2 Å². The van der Waals surface area contributed by atoms with Crippen molar-refractivity contribution in [3.63, 3.8) is 0 Å². The molecule has 0 spiro atoms. The second-order valence-corrected chi connectivity index (χ2v) is 7.68. The minimum Gasteiger partial charge on any atom is -0.294 e. The Bertz CT molecular complexity index is 1510. The Morgan fingerprint density at radius 2 is 1.76 bits per heavy atom. The average Bonchev–Trinajstić information content (AvgIpc) is 3.21. The fourth-order valence-corrected chi connectivity index (χ4v) is 3.81. The smallest absolute Gasteiger partial charge is 0.171 e. The Hall–Kier alpha value is -4.26. The molecule has 5 nitrogen and oxygen atoms in total. The van der Waals surface area contributed by atoms with E-state index < -0.39 is 5.82 Å². The molecule has 3 aromatic heterocycles. The lowest BCUT2D eigenvalue weighted by Gasteiger charge is -2.08. The minimum absolute atomic E-state index is 0.0312. The second kappa shape index (κ2) is 8.35. The molecule has 162 valence electrons. The number of carbonyl (C=O) groups is 1. The summed E-state index contributed by atoms with van der Waals surface area (Å²) in [6.07, 6.45) is 3.20. The maximum Gasteiger partial charge on any atom is 0.171 e. The van der Waals surface area contributed by atoms with Crippen molar-refractivity contribution < 1.29 is 13.6 Å². The first-order chi connectivity index (χ1) is 16.0. The van der Waals surface area contributed by atoms with Gasteiger partial charge in [0.1, 0.15) is 17.3 Å². The molecule has 5 rings (SSSR count). The van der Waals surface area contributed by atoms with E-state index in [1.807, 2.05) is 6.07 Å². The van der Waals surface area contributed by atoms with Crippen molar-refractivity contribution in [1.82, 2.24) is 19.6 Å². The van der Waals surface area contributed by atoms with Gasteiger partial charge >= 0.3 is 0 Å². The van der Waals surface area contributed by atoms with Gasteiger partial charge in [-0.05, 0) is 67.1 Å². The number of carbonyl (C=O) groups excluding carboxylic acids is 1. The van der Waals surface area contributed by atoms with E-state index in [0.29, 0.717) is 28.3 Å². The van der Waals surface area contributed by atoms with E-state index in [9.17, 15) is 13.6 Å². The highest BCUT2D eigenvalue weighted by Crippen LogP contribution is 2.33. The minimum atomic E-state index is -0.557. The predicted octanol–water partition coefficient (Wildman–Crippen LogP) is 5.47. The molecule has 0 radical (unpaired) electrons. The van der Waals surface area contributed by atoms with Crippen LogP contribution < -0.4 is 0 Å². The highest BCUT2D eigenvalue weighted by Gasteiger charge is 2.19. The maximum absolute atomic E-state index is 14.0. The van der Waals surface area contributed by atoms with Crippen LogP contribution in [0.15, 0.2) is 79.1 Å². The fourth-order valence-electron chi connectivity index (χ4n) is 3.81. The van der Waals surface area contributed by atoms with Gasteiger partial charge in [0.2, 0.25) is 0 Å². The molecule has 0 bridgehead atoms. The van der Waals surface area contributed by atoms with Gasteiger partial charge in [0, 0.05) is 29.2 Å². The summed E-state index contributed by atoms with van der Waals surface area (Å²) in [5.41, 5.74) is 4.48. The molecule has 0 fully saturated rings. The third kappa shape index (κ3) is 3.89. The predicted molar refractivity (Wildman–Crippen MR) is 121 cm³/mol. The standard InChI is InChI=1S/C26H18F2N4O/c1-16-13-17(8-9-21(16)27)25-26(32-24(31-25)7-4-11-30-32)18-10-12-29-19(14-18)15-23(33)20-5-2-3-6-22(20)28/h2-14H,15H2,1H3. The zero-order valence-corrected chi connectivity index (χ0v) is 17.7. The van der Waals surface area contributed by atoms with Crippen molar-refractivity contribution in [2.45, 2.75) is 13.3 Å². The van der Waals surface area contributed by atoms with Gasteiger partial charge in [-0.25, -0.2) is 18.3 Å². The summed E-state index contributed by atoms with van der Waals surface area (Å²) in [4.78, 5) is 21.7. The molecule has 2 aromatic carbocycles. The number of aromatic nitrogens is 4. The zero-order chi connectivity index (χ0) is 22.9. The summed E-state index contributed by atoms with van der Waals surface area (Å²) in [7, 11) is 0. The van der Waals surface area contributed by atoms with E-state index >= 15 is 0 Å². The molecule has 0 aliphatic carbocycles. The summed E-state index contributed by atoms with van der Waals surface area (Å²) < 4.78 is 29.6. The van der Waals surface area contributed by atoms with E-state index in [0.717, 1.165) is 11.1 Å². The van der Waals surface area contributed by atoms with Crippen LogP contribution in [0.3, 0.4) is 0 Å². The summed E-state index contributed by atoms with van der Waals surface area (Å²) in [6, 6.07) is 17.9. The molecule has 0 N–H and O–H groups in total. The van der Waals surface area contributed by atoms with Crippen molar-refractivity contribution in [2.75, 3.05) is 0 Å². The van der Waals surface area contributed by atoms with E-state index in [1.165, 1.54) is 18.2 Å². The first-order valence-electron chi connectivity index (χ1n) is 10.3. The molecular formula is C26H18F2N4O. The van der Waals surface area contributed by atoms with Gasteiger partial charge in [-0.3, -0.25) is 9.78 Å². The second-order valence-electron chi connectivity index (χ2n) is 7.68. The number of benzene rings is 2. The van der Waals surface area contributed by atoms with Crippen LogP contribution in [0, 0.1) is 18.6 Å². The highest BCUT2D eigenvalue weighted by molar-refractivity contribution is 5.97. The van der Waals surface area contributed by atoms with Gasteiger partial charge in [0.25, 0.3) is 0 Å². The summed E-state index contributed by atoms with van der Waals surface area (Å²) >= 11 is 0. The van der Waals surface area contributed by atoms with Crippen molar-refractivity contribution in [3.05, 3.63) is 108 Å². The number of Topliss-reactive ketones (excluding diaryl/α,β-unsaturated/α-hetero) is 1. The molecular weight excluding hydrogens is 422 g/mol. The number of ketones is 1. The summed E-state index contributed by atoms with van der Waals surface area (Å²) in [6.45, 7) is 1.70. The maximum atomic E-state index is 14.0. The highest BCUT2D eigenvalue weighted by atomic mass is 19.1. The largest absolute Gasteiger partial charge is 0.294 e. The number of imidazole rings is 1. The van der Waals surface area contributed by atoms with E-state index in [1.54, 1.807) is 66.3 Å². The van der Waals surface area contributed by atoms with Crippen molar-refractivity contribution in [3.8, 4) is 22.5 Å². The molecule has 5 aromatic rings. The van der Waals surface area contributed by atoms with Gasteiger partial charge in [0.05, 0.1) is 17.7 Å². The number of hydrogen-bond donors (Lipinski definition) is 0. The Kier molecular flexibility index (Phi) is 5.22. The van der Waals surface area contributed by atoms with Crippen LogP contribution in [0.1, 0.15) is 21.6 Å². The van der Waals surface area contributed by atoms with Gasteiger partial charge in [-0.15, -0.1) is 0 Å². The van der Waals surface area contributed by atoms with Crippen LogP contribution in [0.4, 0.5) is 8.78 Å². The van der Waals surface area contributed by atoms with Gasteiger partial charge in [-0.1, -0.05) is 12.1 Å². The van der Waals surface area contributed by atoms with Crippen molar-refractivity contribution in [1.29, 1.82) is 0 Å². The lowest BCUT2D eigenvalue weighted by molar-refractivity contribution is 0.0988. The van der Waals surface area contributed by atoms with Crippen LogP contribution in [0.5, 0.6) is 0 Å². The quantitative estimate of drug-likeness (QED) is 0.340.